The van der Waals surface area contributed by atoms with Crippen LogP contribution < -0.4 is 14.8 Å². The van der Waals surface area contributed by atoms with Crippen molar-refractivity contribution in [3.05, 3.63) is 23.8 Å². The van der Waals surface area contributed by atoms with Crippen LogP contribution in [-0.4, -0.2) is 33.0 Å². The fourth-order valence-corrected chi connectivity index (χ4v) is 3.80. The number of methoxy groups -OCH3 is 2. The summed E-state index contributed by atoms with van der Waals surface area (Å²) in [6, 6.07) is 5.37. The molecule has 4 nitrogen and oxygen atoms in total. The first-order valence-corrected chi connectivity index (χ1v) is 7.69. The molecule has 0 aromatic heterocycles. The Morgan fingerprint density at radius 2 is 1.91 bits per heavy atom. The van der Waals surface area contributed by atoms with Gasteiger partial charge in [-0.3, -0.25) is 0 Å². The second kappa shape index (κ2) is 7.01. The minimum Gasteiger partial charge on any atom is -0.493 e. The normalized spacial score (nSPS) is 26.0. The molecule has 0 amide bonds. The van der Waals surface area contributed by atoms with Crippen molar-refractivity contribution < 1.29 is 23.0 Å². The molecule has 1 aromatic carbocycles. The maximum Gasteiger partial charge on any atom is 0.387 e. The summed E-state index contributed by atoms with van der Waals surface area (Å²) in [5.41, 5.74) is 0.897. The van der Waals surface area contributed by atoms with Crippen LogP contribution in [0.25, 0.3) is 0 Å². The first-order chi connectivity index (χ1) is 10.8. The summed E-state index contributed by atoms with van der Waals surface area (Å²) in [5.74, 6) is 0.744. The van der Waals surface area contributed by atoms with Gasteiger partial charge in [0, 0.05) is 25.1 Å². The minimum absolute atomic E-state index is 0.0307. The third kappa shape index (κ3) is 3.58. The molecule has 0 unspecified atom stereocenters. The van der Waals surface area contributed by atoms with Crippen molar-refractivity contribution in [2.75, 3.05) is 14.2 Å². The van der Waals surface area contributed by atoms with Crippen molar-refractivity contribution >= 4 is 0 Å². The zero-order chi connectivity index (χ0) is 17.2. The van der Waals surface area contributed by atoms with E-state index < -0.39 is 6.61 Å². The number of hydrogen-bond donors (Lipinski definition) is 1. The van der Waals surface area contributed by atoms with Crippen molar-refractivity contribution in [2.45, 2.75) is 46.1 Å². The molecule has 23 heavy (non-hydrogen) atoms. The van der Waals surface area contributed by atoms with E-state index in [-0.39, 0.29) is 17.3 Å². The van der Waals surface area contributed by atoms with Gasteiger partial charge in [-0.15, -0.1) is 0 Å². The van der Waals surface area contributed by atoms with Gasteiger partial charge in [-0.25, -0.2) is 0 Å². The van der Waals surface area contributed by atoms with E-state index in [4.69, 9.17) is 9.47 Å². The van der Waals surface area contributed by atoms with E-state index in [9.17, 15) is 8.78 Å². The van der Waals surface area contributed by atoms with Crippen LogP contribution in [-0.2, 0) is 11.3 Å². The zero-order valence-corrected chi connectivity index (χ0v) is 14.2. The highest BCUT2D eigenvalue weighted by Crippen LogP contribution is 2.47. The number of hydrogen-bond acceptors (Lipinski definition) is 4. The zero-order valence-electron chi connectivity index (χ0n) is 14.2. The summed E-state index contributed by atoms with van der Waals surface area (Å²) in [4.78, 5) is 0. The highest BCUT2D eigenvalue weighted by molar-refractivity contribution is 5.43. The van der Waals surface area contributed by atoms with Gasteiger partial charge in [0.2, 0.25) is 0 Å². The van der Waals surface area contributed by atoms with Crippen LogP contribution in [0.15, 0.2) is 18.2 Å². The molecule has 1 N–H and O–H groups in total. The number of halogens is 2. The molecule has 1 aliphatic carbocycles. The SMILES string of the molecule is COc1ccc(CN[C@@H]2[C@H](C)[C@H](OC)C2(C)C)cc1OC(F)F. The van der Waals surface area contributed by atoms with Gasteiger partial charge < -0.3 is 19.5 Å². The number of benzene rings is 1. The number of nitrogens with one attached hydrogen (secondary N) is 1. The van der Waals surface area contributed by atoms with Crippen LogP contribution in [0.3, 0.4) is 0 Å². The predicted octanol–water partition coefficient (Wildman–Crippen LogP) is 3.45. The molecule has 6 heteroatoms. The molecule has 1 aromatic rings. The van der Waals surface area contributed by atoms with Crippen LogP contribution >= 0.6 is 0 Å². The van der Waals surface area contributed by atoms with Gasteiger partial charge in [0.25, 0.3) is 0 Å². The van der Waals surface area contributed by atoms with Gasteiger partial charge in [0.1, 0.15) is 0 Å². The molecule has 3 atom stereocenters. The van der Waals surface area contributed by atoms with Crippen molar-refractivity contribution in [1.82, 2.24) is 5.32 Å². The molecule has 0 bridgehead atoms. The Hall–Kier alpha value is -1.40. The molecule has 1 fully saturated rings. The second-order valence-electron chi connectivity index (χ2n) is 6.56. The van der Waals surface area contributed by atoms with Crippen molar-refractivity contribution in [3.8, 4) is 11.5 Å². The lowest BCUT2D eigenvalue weighted by atomic mass is 9.58. The first-order valence-electron chi connectivity index (χ1n) is 7.69. The molecule has 0 aliphatic heterocycles. The third-order valence-corrected chi connectivity index (χ3v) is 4.76. The van der Waals surface area contributed by atoms with Gasteiger partial charge in [-0.05, 0) is 23.6 Å². The van der Waals surface area contributed by atoms with E-state index in [1.165, 1.54) is 7.11 Å². The van der Waals surface area contributed by atoms with Crippen LogP contribution in [0.5, 0.6) is 11.5 Å². The smallest absolute Gasteiger partial charge is 0.387 e. The fourth-order valence-electron chi connectivity index (χ4n) is 3.80. The van der Waals surface area contributed by atoms with E-state index in [1.807, 2.05) is 6.07 Å². The minimum atomic E-state index is -2.87. The summed E-state index contributed by atoms with van der Waals surface area (Å²) >= 11 is 0. The lowest BCUT2D eigenvalue weighted by Gasteiger charge is -2.56. The Balaban J connectivity index is 2.04. The van der Waals surface area contributed by atoms with Gasteiger partial charge in [-0.2, -0.15) is 8.78 Å². The van der Waals surface area contributed by atoms with Crippen molar-refractivity contribution in [3.63, 3.8) is 0 Å². The Kier molecular flexibility index (Phi) is 5.47. The molecule has 1 saturated carbocycles. The molecule has 0 heterocycles. The molecule has 1 aliphatic rings. The number of rotatable bonds is 7. The van der Waals surface area contributed by atoms with Crippen LogP contribution in [0, 0.1) is 11.3 Å². The van der Waals surface area contributed by atoms with Crippen molar-refractivity contribution in [1.29, 1.82) is 0 Å². The Labute approximate surface area is 136 Å². The van der Waals surface area contributed by atoms with E-state index in [0.29, 0.717) is 24.3 Å². The van der Waals surface area contributed by atoms with E-state index in [1.54, 1.807) is 19.2 Å². The molecule has 0 saturated heterocycles. The molecule has 2 rings (SSSR count). The van der Waals surface area contributed by atoms with Crippen molar-refractivity contribution in [2.24, 2.45) is 11.3 Å². The van der Waals surface area contributed by atoms with E-state index in [2.05, 4.69) is 30.8 Å². The molecule has 130 valence electrons. The van der Waals surface area contributed by atoms with Gasteiger partial charge in [0.05, 0.1) is 13.2 Å². The highest BCUT2D eigenvalue weighted by atomic mass is 19.3. The average Bonchev–Trinajstić information content (AvgIpc) is 2.47. The standard InChI is InChI=1S/C17H25F2NO3/c1-10-14(17(2,3)15(10)22-5)20-9-11-6-7-12(21-4)13(8-11)23-16(18)19/h6-8,10,14-16,20H,9H2,1-5H3/t10-,14+,15-/m0/s1. The average molecular weight is 329 g/mol. The van der Waals surface area contributed by atoms with Crippen LogP contribution in [0.2, 0.25) is 0 Å². The Bertz CT molecular complexity index is 537. The monoisotopic (exact) mass is 329 g/mol. The largest absolute Gasteiger partial charge is 0.493 e. The van der Waals surface area contributed by atoms with Gasteiger partial charge in [-0.1, -0.05) is 26.8 Å². The second-order valence-corrected chi connectivity index (χ2v) is 6.56. The van der Waals surface area contributed by atoms with Gasteiger partial charge in [0.15, 0.2) is 11.5 Å². The molecule has 0 radical (unpaired) electrons. The predicted molar refractivity (Wildman–Crippen MR) is 84.0 cm³/mol. The molecular weight excluding hydrogens is 304 g/mol. The maximum atomic E-state index is 12.5. The molecular formula is C17H25F2NO3. The maximum absolute atomic E-state index is 12.5. The summed E-state index contributed by atoms with van der Waals surface area (Å²) in [6.07, 6.45) is 0.216. The van der Waals surface area contributed by atoms with Crippen LogP contribution in [0.1, 0.15) is 26.3 Å². The lowest BCUT2D eigenvalue weighted by molar-refractivity contribution is -0.145. The Morgan fingerprint density at radius 3 is 2.43 bits per heavy atom. The summed E-state index contributed by atoms with van der Waals surface area (Å²) in [7, 11) is 3.16. The van der Waals surface area contributed by atoms with E-state index in [0.717, 1.165) is 5.56 Å². The quantitative estimate of drug-likeness (QED) is 0.832. The number of alkyl halides is 2. The van der Waals surface area contributed by atoms with Gasteiger partial charge >= 0.3 is 6.61 Å². The molecule has 0 spiro atoms. The Morgan fingerprint density at radius 1 is 1.22 bits per heavy atom. The topological polar surface area (TPSA) is 39.7 Å². The highest BCUT2D eigenvalue weighted by Gasteiger charge is 2.54. The lowest BCUT2D eigenvalue weighted by Crippen LogP contribution is -2.66. The first kappa shape index (κ1) is 17.9. The van der Waals surface area contributed by atoms with E-state index >= 15 is 0 Å². The summed E-state index contributed by atoms with van der Waals surface area (Å²) in [6.45, 7) is 4.17. The van der Waals surface area contributed by atoms with Crippen LogP contribution in [0.4, 0.5) is 8.78 Å². The summed E-state index contributed by atoms with van der Waals surface area (Å²) in [5, 5.41) is 3.49. The summed E-state index contributed by atoms with van der Waals surface area (Å²) < 4.78 is 40.0. The number of ether oxygens (including phenoxy) is 3. The fraction of sp³-hybridized carbons (Fsp3) is 0.647. The third-order valence-electron chi connectivity index (χ3n) is 4.76.